The number of hydrogen-bond acceptors (Lipinski definition) is 12. The maximum atomic E-state index is 16.7. The zero-order valence-corrected chi connectivity index (χ0v) is 44.6. The highest BCUT2D eigenvalue weighted by molar-refractivity contribution is 5.92. The molecule has 14 aliphatic rings. The topological polar surface area (TPSA) is 160 Å². The number of Topliss-reactive ketones (excluding diaryl/α,β-unsaturated/α-hetero) is 1. The van der Waals surface area contributed by atoms with Crippen molar-refractivity contribution in [1.82, 2.24) is 10.2 Å². The van der Waals surface area contributed by atoms with Gasteiger partial charge in [-0.2, -0.15) is 0 Å². The number of carbonyl (C=O) groups is 3. The SMILES string of the molecule is C[C@]12CC[C@@H]3[C@@]45COC(=O)C[C@@H]4O[C@](C)(C4CCCCC4)[C@H]5C(=O)[C@@H](O)[C@]34[C@H]3C[C@@H](Cc5ccccc5)CC[C@H]3C#C[C@@H]3CCc5coc(C[C@@H]6[C@H]7C[C@H]8C=CN9CNC[C@H]9[C@@H]8C[C@@H]7CC[C@H]6O)c5[C@@]31OC(=O)[C@H]1O[C@@]142. The Hall–Kier alpha value is -3.99. The summed E-state index contributed by atoms with van der Waals surface area (Å²) in [5.41, 5.74) is -3.67. The van der Waals surface area contributed by atoms with Crippen LogP contribution in [0.5, 0.6) is 0 Å². The fourth-order valence-corrected chi connectivity index (χ4v) is 22.6. The molecule has 6 aliphatic heterocycles. The fraction of sp³-hybridized carbons (Fsp3) is 0.734. The van der Waals surface area contributed by atoms with Crippen LogP contribution >= 0.6 is 0 Å². The summed E-state index contributed by atoms with van der Waals surface area (Å²) in [5.74, 6) is 7.84. The molecule has 11 fully saturated rings. The lowest BCUT2D eigenvalue weighted by Crippen LogP contribution is -2.82. The number of hydrogen-bond donors (Lipinski definition) is 3. The number of rotatable bonds is 5. The highest BCUT2D eigenvalue weighted by Crippen LogP contribution is 2.85. The Labute approximate surface area is 447 Å². The molecule has 6 saturated carbocycles. The van der Waals surface area contributed by atoms with Crippen molar-refractivity contribution >= 4 is 17.7 Å². The number of aliphatic hydroxyl groups is 2. The molecule has 12 nitrogen and oxygen atoms in total. The van der Waals surface area contributed by atoms with Crippen molar-refractivity contribution in [2.24, 2.45) is 87.3 Å². The van der Waals surface area contributed by atoms with Gasteiger partial charge in [-0.25, -0.2) is 4.79 Å². The number of allylic oxidation sites excluding steroid dienone is 1. The number of nitrogens with zero attached hydrogens (tertiary/aromatic N) is 1. The number of cyclic esters (lactones) is 1. The second-order valence-electron chi connectivity index (χ2n) is 27.9. The van der Waals surface area contributed by atoms with Crippen LogP contribution in [0, 0.1) is 99.1 Å². The molecule has 12 heteroatoms. The lowest BCUT2D eigenvalue weighted by atomic mass is 9.30. The molecule has 4 spiro atoms. The average molecular weight is 1040 g/mol. The quantitative estimate of drug-likeness (QED) is 0.151. The first-order chi connectivity index (χ1) is 36.9. The molecule has 76 heavy (non-hydrogen) atoms. The van der Waals surface area contributed by atoms with Crippen molar-refractivity contribution in [3.63, 3.8) is 0 Å². The molecule has 5 saturated heterocycles. The van der Waals surface area contributed by atoms with Crippen molar-refractivity contribution < 1.29 is 48.0 Å². The Morgan fingerprint density at radius 3 is 2.59 bits per heavy atom. The summed E-state index contributed by atoms with van der Waals surface area (Å²) in [4.78, 5) is 48.7. The van der Waals surface area contributed by atoms with Gasteiger partial charge in [0.15, 0.2) is 17.5 Å². The van der Waals surface area contributed by atoms with Crippen molar-refractivity contribution in [3.8, 4) is 11.8 Å². The van der Waals surface area contributed by atoms with Crippen molar-refractivity contribution in [3.05, 3.63) is 71.3 Å². The average Bonchev–Trinajstić information content (AvgIpc) is 1.84. The minimum Gasteiger partial charge on any atom is -0.469 e. The minimum atomic E-state index is -1.50. The van der Waals surface area contributed by atoms with Crippen LogP contribution in [0.15, 0.2) is 53.3 Å². The van der Waals surface area contributed by atoms with E-state index in [4.69, 9.17) is 23.4 Å². The van der Waals surface area contributed by atoms with Gasteiger partial charge in [-0.1, -0.05) is 74.4 Å². The van der Waals surface area contributed by atoms with E-state index in [1.807, 2.05) is 6.26 Å². The lowest BCUT2D eigenvalue weighted by molar-refractivity contribution is -0.301. The molecule has 1 aromatic heterocycles. The van der Waals surface area contributed by atoms with Crippen LogP contribution in [-0.2, 0) is 58.2 Å². The summed E-state index contributed by atoms with van der Waals surface area (Å²) in [6.07, 6.45) is 18.6. The number of ether oxygens (including phenoxy) is 4. The van der Waals surface area contributed by atoms with Crippen LogP contribution in [0.25, 0.3) is 0 Å². The van der Waals surface area contributed by atoms with Gasteiger partial charge in [-0.15, -0.1) is 0 Å². The number of epoxide rings is 1. The molecular weight excluding hydrogens is 957 g/mol. The number of benzene rings is 1. The number of furan rings is 1. The lowest BCUT2D eigenvalue weighted by Gasteiger charge is -2.72. The van der Waals surface area contributed by atoms with E-state index in [0.717, 1.165) is 107 Å². The summed E-state index contributed by atoms with van der Waals surface area (Å²) in [7, 11) is 0. The standard InChI is InChI=1S/C64H78N2O10/c1-59-23-21-50-61-33-73-52(68)30-51(61)74-60(2,41-11-7-4-8-12-41)55(61)54(69)56(70)62(50)46-26-36(25-35-9-5-3-6-10-35)13-14-37(46)15-18-42-19-16-40-32-72-49(53(40)63(42,59)76-58(71)57-64(59,62)75-57)29-45-43-27-39-22-24-66-34-65-31-47(66)44(39)28-38(43)17-20-48(45)67/h3,5-6,9-10,22,24,32,36-39,41-48,50-51,55-57,65,67,70H,4,7-8,11-14,16-17,19-21,23,25-31,33-34H2,1-2H3/t36-,37+,38+,39-,42-,43+,44-,45-,46+,47+,48-,50-,51+,55-,56-,57-,59+,60-,61+,62+,63+,64-/m1/s1. The number of nitrogens with one attached hydrogen (secondary N) is 1. The summed E-state index contributed by atoms with van der Waals surface area (Å²) >= 11 is 0. The first-order valence-corrected chi connectivity index (χ1v) is 30.3. The third kappa shape index (κ3) is 5.89. The van der Waals surface area contributed by atoms with Crippen LogP contribution in [-0.4, -0.2) is 94.3 Å². The van der Waals surface area contributed by atoms with Gasteiger partial charge < -0.3 is 38.5 Å². The molecule has 16 rings (SSSR count). The number of aryl methyl sites for hydroxylation is 1. The summed E-state index contributed by atoms with van der Waals surface area (Å²) < 4.78 is 35.7. The highest BCUT2D eigenvalue weighted by atomic mass is 16.7. The second-order valence-corrected chi connectivity index (χ2v) is 27.9. The number of fused-ring (bicyclic) bond motifs is 6. The Balaban J connectivity index is 0.869. The van der Waals surface area contributed by atoms with Gasteiger partial charge in [0.2, 0.25) is 0 Å². The van der Waals surface area contributed by atoms with Crippen molar-refractivity contribution in [2.75, 3.05) is 19.8 Å². The highest BCUT2D eigenvalue weighted by Gasteiger charge is 2.96. The predicted molar refractivity (Wildman–Crippen MR) is 277 cm³/mol. The zero-order chi connectivity index (χ0) is 51.3. The van der Waals surface area contributed by atoms with E-state index in [1.54, 1.807) is 0 Å². The van der Waals surface area contributed by atoms with E-state index in [1.165, 1.54) is 5.56 Å². The number of aliphatic hydroxyl groups excluding tert-OH is 2. The normalized spacial score (nSPS) is 51.1. The predicted octanol–water partition coefficient (Wildman–Crippen LogP) is 7.99. The van der Waals surface area contributed by atoms with E-state index in [-0.39, 0.29) is 54.4 Å². The number of esters is 2. The Morgan fingerprint density at radius 1 is 0.882 bits per heavy atom. The van der Waals surface area contributed by atoms with Gasteiger partial charge >= 0.3 is 11.9 Å². The summed E-state index contributed by atoms with van der Waals surface area (Å²) in [6, 6.07) is 11.2. The second kappa shape index (κ2) is 16.6. The maximum Gasteiger partial charge on any atom is 0.339 e. The molecule has 0 amide bonds. The van der Waals surface area contributed by atoms with E-state index in [0.29, 0.717) is 68.2 Å². The number of carbonyl (C=O) groups excluding carboxylic acids is 3. The summed E-state index contributed by atoms with van der Waals surface area (Å²) in [5, 5.41) is 30.2. The van der Waals surface area contributed by atoms with E-state index < -0.39 is 81.2 Å². The monoisotopic (exact) mass is 1030 g/mol. The molecule has 404 valence electrons. The third-order valence-corrected chi connectivity index (χ3v) is 25.5. The zero-order valence-electron chi connectivity index (χ0n) is 44.6. The van der Waals surface area contributed by atoms with E-state index in [2.05, 4.69) is 78.5 Å². The van der Waals surface area contributed by atoms with Crippen LogP contribution < -0.4 is 5.32 Å². The molecule has 2 aromatic rings. The maximum absolute atomic E-state index is 16.7. The van der Waals surface area contributed by atoms with Crippen LogP contribution in [0.1, 0.15) is 139 Å². The summed E-state index contributed by atoms with van der Waals surface area (Å²) in [6.45, 7) is 6.38. The van der Waals surface area contributed by atoms with Crippen LogP contribution in [0.4, 0.5) is 0 Å². The van der Waals surface area contributed by atoms with Crippen LogP contribution in [0.2, 0.25) is 0 Å². The molecule has 8 aliphatic carbocycles. The minimum absolute atomic E-state index is 0.0373. The first kappa shape index (κ1) is 48.0. The molecule has 3 N–H and O–H groups in total. The fourth-order valence-electron chi connectivity index (χ4n) is 22.6. The molecular formula is C64H78N2O10. The van der Waals surface area contributed by atoms with Gasteiger partial charge in [-0.05, 0) is 167 Å². The van der Waals surface area contributed by atoms with Gasteiger partial charge in [0.1, 0.15) is 24.1 Å². The smallest absolute Gasteiger partial charge is 0.339 e. The Morgan fingerprint density at radius 2 is 1.74 bits per heavy atom. The Bertz CT molecular complexity index is 2850. The van der Waals surface area contributed by atoms with E-state index >= 15 is 9.59 Å². The molecule has 7 heterocycles. The van der Waals surface area contributed by atoms with Gasteiger partial charge in [0.05, 0.1) is 49.0 Å². The van der Waals surface area contributed by atoms with E-state index in [9.17, 15) is 15.0 Å². The Kier molecular flexibility index (Phi) is 10.4. The van der Waals surface area contributed by atoms with Gasteiger partial charge in [0, 0.05) is 46.7 Å². The molecule has 4 bridgehead atoms. The van der Waals surface area contributed by atoms with Crippen LogP contribution in [0.3, 0.4) is 0 Å². The molecule has 0 unspecified atom stereocenters. The van der Waals surface area contributed by atoms with Crippen molar-refractivity contribution in [2.45, 2.75) is 183 Å². The largest absolute Gasteiger partial charge is 0.469 e. The number of ketones is 1. The van der Waals surface area contributed by atoms with Gasteiger partial charge in [0.25, 0.3) is 0 Å². The molecule has 1 aromatic carbocycles. The van der Waals surface area contributed by atoms with Crippen molar-refractivity contribution in [1.29, 1.82) is 0 Å². The first-order valence-electron chi connectivity index (χ1n) is 30.3. The molecule has 22 atom stereocenters. The molecule has 0 radical (unpaired) electrons. The van der Waals surface area contributed by atoms with Gasteiger partial charge in [-0.3, -0.25) is 14.9 Å². The third-order valence-electron chi connectivity index (χ3n) is 25.5.